The average molecular weight is 345 g/mol. The molecule has 0 radical (unpaired) electrons. The number of hydrogen-bond donors (Lipinski definition) is 2. The van der Waals surface area contributed by atoms with Gasteiger partial charge in [-0.25, -0.2) is 4.79 Å². The quantitative estimate of drug-likeness (QED) is 0.808. The lowest BCUT2D eigenvalue weighted by Crippen LogP contribution is -2.55. The zero-order valence-electron chi connectivity index (χ0n) is 14.5. The second-order valence-electron chi connectivity index (χ2n) is 6.84. The van der Waals surface area contributed by atoms with Gasteiger partial charge in [-0.05, 0) is 44.4 Å². The fraction of sp³-hybridized carbons (Fsp3) is 0.500. The molecular weight excluding hydrogens is 322 g/mol. The lowest BCUT2D eigenvalue weighted by molar-refractivity contribution is -0.125. The Morgan fingerprint density at radius 1 is 1.20 bits per heavy atom. The van der Waals surface area contributed by atoms with E-state index in [1.54, 1.807) is 17.0 Å². The van der Waals surface area contributed by atoms with Crippen molar-refractivity contribution in [3.8, 4) is 0 Å². The van der Waals surface area contributed by atoms with Crippen LogP contribution >= 0.6 is 0 Å². The van der Waals surface area contributed by atoms with Gasteiger partial charge < -0.3 is 15.0 Å². The van der Waals surface area contributed by atoms with E-state index < -0.39 is 11.6 Å². The summed E-state index contributed by atoms with van der Waals surface area (Å²) in [5.41, 5.74) is 0.781. The van der Waals surface area contributed by atoms with Crippen LogP contribution in [0, 0.1) is 0 Å². The van der Waals surface area contributed by atoms with Crippen molar-refractivity contribution in [2.75, 3.05) is 13.1 Å². The molecule has 134 valence electrons. The second-order valence-corrected chi connectivity index (χ2v) is 6.84. The van der Waals surface area contributed by atoms with Gasteiger partial charge in [-0.15, -0.1) is 0 Å². The topological polar surface area (TPSA) is 87.7 Å². The Morgan fingerprint density at radius 3 is 2.36 bits per heavy atom. The summed E-state index contributed by atoms with van der Waals surface area (Å²) in [6, 6.07) is 6.94. The molecule has 2 heterocycles. The number of carbonyl (C=O) groups excluding carboxylic acids is 3. The molecule has 0 saturated carbocycles. The summed E-state index contributed by atoms with van der Waals surface area (Å²) in [5, 5.41) is 4.97. The molecule has 7 nitrogen and oxygen atoms in total. The number of piperidine rings is 1. The Hall–Kier alpha value is -2.41. The second kappa shape index (κ2) is 6.84. The molecule has 7 heteroatoms. The van der Waals surface area contributed by atoms with Crippen molar-refractivity contribution in [1.29, 1.82) is 0 Å². The van der Waals surface area contributed by atoms with Crippen LogP contribution in [0.1, 0.15) is 42.6 Å². The summed E-state index contributed by atoms with van der Waals surface area (Å²) in [6.07, 6.45) is 1.02. The molecule has 25 heavy (non-hydrogen) atoms. The summed E-state index contributed by atoms with van der Waals surface area (Å²) in [6.45, 7) is 5.35. The molecule has 2 N–H and O–H groups in total. The molecule has 1 aromatic rings. The van der Waals surface area contributed by atoms with Crippen molar-refractivity contribution in [3.63, 3.8) is 0 Å². The molecule has 2 aliphatic rings. The summed E-state index contributed by atoms with van der Waals surface area (Å²) in [5.74, 6) is -0.352. The van der Waals surface area contributed by atoms with E-state index in [9.17, 15) is 14.4 Å². The van der Waals surface area contributed by atoms with E-state index >= 15 is 0 Å². The third-order valence-corrected chi connectivity index (χ3v) is 4.70. The number of likely N-dealkylation sites (tertiary alicyclic amines) is 1. The number of amides is 4. The minimum absolute atomic E-state index is 0.0593. The molecule has 0 atom stereocenters. The standard InChI is InChI=1S/C18H23N3O4/c1-12(2)25-11-13-3-5-14(6-4-13)15(22)21-9-7-18(8-10-21)16(23)19-17(24)20-18/h3-6,12H,7-11H2,1-2H3,(H2,19,20,23,24). The van der Waals surface area contributed by atoms with E-state index in [0.29, 0.717) is 38.1 Å². The van der Waals surface area contributed by atoms with Crippen LogP contribution in [0.15, 0.2) is 24.3 Å². The number of hydrogen-bond acceptors (Lipinski definition) is 4. The highest BCUT2D eigenvalue weighted by atomic mass is 16.5. The largest absolute Gasteiger partial charge is 0.374 e. The zero-order valence-corrected chi connectivity index (χ0v) is 14.5. The molecule has 2 saturated heterocycles. The molecule has 1 aromatic carbocycles. The van der Waals surface area contributed by atoms with Crippen molar-refractivity contribution >= 4 is 17.8 Å². The van der Waals surface area contributed by atoms with E-state index in [1.807, 2.05) is 26.0 Å². The third-order valence-electron chi connectivity index (χ3n) is 4.70. The van der Waals surface area contributed by atoms with Gasteiger partial charge >= 0.3 is 6.03 Å². The van der Waals surface area contributed by atoms with E-state index in [1.165, 1.54) is 0 Å². The van der Waals surface area contributed by atoms with Crippen LogP contribution in [0.5, 0.6) is 0 Å². The highest BCUT2D eigenvalue weighted by Crippen LogP contribution is 2.26. The minimum Gasteiger partial charge on any atom is -0.374 e. The van der Waals surface area contributed by atoms with Gasteiger partial charge in [0.25, 0.3) is 11.8 Å². The molecular formula is C18H23N3O4. The third kappa shape index (κ3) is 3.66. The van der Waals surface area contributed by atoms with Crippen LogP contribution in [-0.4, -0.2) is 47.5 Å². The maximum atomic E-state index is 12.6. The molecule has 0 aliphatic carbocycles. The fourth-order valence-electron chi connectivity index (χ4n) is 3.16. The Kier molecular flexibility index (Phi) is 4.76. The highest BCUT2D eigenvalue weighted by molar-refractivity contribution is 6.07. The van der Waals surface area contributed by atoms with Crippen molar-refractivity contribution in [2.24, 2.45) is 0 Å². The minimum atomic E-state index is -0.855. The van der Waals surface area contributed by atoms with Crippen LogP contribution in [0.3, 0.4) is 0 Å². The SMILES string of the molecule is CC(C)OCc1ccc(C(=O)N2CCC3(CC2)NC(=O)NC3=O)cc1. The van der Waals surface area contributed by atoms with Crippen LogP contribution in [0.2, 0.25) is 0 Å². The lowest BCUT2D eigenvalue weighted by atomic mass is 9.87. The van der Waals surface area contributed by atoms with Gasteiger partial charge in [0.05, 0.1) is 12.7 Å². The molecule has 2 aliphatic heterocycles. The van der Waals surface area contributed by atoms with Crippen LogP contribution in [-0.2, 0) is 16.1 Å². The number of ether oxygens (including phenoxy) is 1. The molecule has 2 fully saturated rings. The number of rotatable bonds is 4. The number of urea groups is 1. The molecule has 1 spiro atoms. The first-order valence-electron chi connectivity index (χ1n) is 8.53. The molecule has 0 bridgehead atoms. The lowest BCUT2D eigenvalue weighted by Gasteiger charge is -2.37. The van der Waals surface area contributed by atoms with Crippen molar-refractivity contribution in [1.82, 2.24) is 15.5 Å². The first kappa shape index (κ1) is 17.4. The number of carbonyl (C=O) groups is 3. The Balaban J connectivity index is 1.59. The van der Waals surface area contributed by atoms with Gasteiger partial charge in [-0.1, -0.05) is 12.1 Å². The number of nitrogens with zero attached hydrogens (tertiary/aromatic N) is 1. The molecule has 3 rings (SSSR count). The number of nitrogens with one attached hydrogen (secondary N) is 2. The van der Waals surface area contributed by atoms with Crippen molar-refractivity contribution < 1.29 is 19.1 Å². The van der Waals surface area contributed by atoms with Gasteiger partial charge in [0.2, 0.25) is 0 Å². The van der Waals surface area contributed by atoms with Crippen LogP contribution in [0.4, 0.5) is 4.79 Å². The zero-order chi connectivity index (χ0) is 18.0. The maximum Gasteiger partial charge on any atom is 0.322 e. The van der Waals surface area contributed by atoms with Gasteiger partial charge in [0.1, 0.15) is 5.54 Å². The Morgan fingerprint density at radius 2 is 1.84 bits per heavy atom. The van der Waals surface area contributed by atoms with Crippen molar-refractivity contribution in [2.45, 2.75) is 44.9 Å². The van der Waals surface area contributed by atoms with Gasteiger partial charge in [-0.3, -0.25) is 14.9 Å². The molecule has 4 amide bonds. The van der Waals surface area contributed by atoms with Crippen LogP contribution < -0.4 is 10.6 Å². The first-order chi connectivity index (χ1) is 11.9. The smallest absolute Gasteiger partial charge is 0.322 e. The van der Waals surface area contributed by atoms with E-state index in [0.717, 1.165) is 5.56 Å². The predicted octanol–water partition coefficient (Wildman–Crippen LogP) is 1.43. The van der Waals surface area contributed by atoms with Gasteiger partial charge in [-0.2, -0.15) is 0 Å². The number of benzene rings is 1. The summed E-state index contributed by atoms with van der Waals surface area (Å²) in [7, 11) is 0. The summed E-state index contributed by atoms with van der Waals surface area (Å²) < 4.78 is 5.55. The van der Waals surface area contributed by atoms with E-state index in [4.69, 9.17) is 4.74 Å². The summed E-state index contributed by atoms with van der Waals surface area (Å²) in [4.78, 5) is 37.7. The summed E-state index contributed by atoms with van der Waals surface area (Å²) >= 11 is 0. The van der Waals surface area contributed by atoms with Gasteiger partial charge in [0, 0.05) is 18.7 Å². The first-order valence-corrected chi connectivity index (χ1v) is 8.53. The van der Waals surface area contributed by atoms with E-state index in [2.05, 4.69) is 10.6 Å². The monoisotopic (exact) mass is 345 g/mol. The van der Waals surface area contributed by atoms with Crippen LogP contribution in [0.25, 0.3) is 0 Å². The molecule has 0 unspecified atom stereocenters. The van der Waals surface area contributed by atoms with Crippen molar-refractivity contribution in [3.05, 3.63) is 35.4 Å². The maximum absolute atomic E-state index is 12.6. The van der Waals surface area contributed by atoms with Gasteiger partial charge in [0.15, 0.2) is 0 Å². The van der Waals surface area contributed by atoms with E-state index in [-0.39, 0.29) is 17.9 Å². The normalized spacial score (nSPS) is 19.2. The molecule has 0 aromatic heterocycles. The number of imide groups is 1. The Bertz CT molecular complexity index is 676. The Labute approximate surface area is 146 Å². The fourth-order valence-corrected chi connectivity index (χ4v) is 3.16. The average Bonchev–Trinajstić information content (AvgIpc) is 2.87. The predicted molar refractivity (Wildman–Crippen MR) is 90.9 cm³/mol. The highest BCUT2D eigenvalue weighted by Gasteiger charge is 2.48.